The van der Waals surface area contributed by atoms with Crippen LogP contribution in [0.4, 0.5) is 0 Å². The number of unbranched alkanes of at least 4 members (excludes halogenated alkanes) is 19. The van der Waals surface area contributed by atoms with E-state index in [-0.39, 0.29) is 4.90 Å². The van der Waals surface area contributed by atoms with Crippen molar-refractivity contribution in [3.8, 4) is 0 Å². The molecule has 0 radical (unpaired) electrons. The Balaban J connectivity index is 0.000000907. The van der Waals surface area contributed by atoms with E-state index >= 15 is 0 Å². The zero-order chi connectivity index (χ0) is 35.1. The molecule has 0 amide bonds. The maximum Gasteiger partial charge on any atom is 0.294 e. The third-order valence-corrected chi connectivity index (χ3v) is 12.2. The summed E-state index contributed by atoms with van der Waals surface area (Å²) in [5.74, 6) is 0.940. The first kappa shape index (κ1) is 46.6. The lowest BCUT2D eigenvalue weighted by Gasteiger charge is -2.39. The molecule has 0 aliphatic rings. The molecule has 0 aliphatic carbocycles. The SMILES string of the molecule is CCCCCCCCCCC(CCCC)C(P)(CCCC)CCCC.CCCCCCCCCCCCc1ccccc1S(=O)(=O)O. The predicted molar refractivity (Wildman–Crippen MR) is 214 cm³/mol. The van der Waals surface area contributed by atoms with Crippen molar-refractivity contribution in [2.75, 3.05) is 0 Å². The second-order valence-electron chi connectivity index (χ2n) is 14.6. The molecule has 0 fully saturated rings. The van der Waals surface area contributed by atoms with Crippen molar-refractivity contribution < 1.29 is 13.0 Å². The zero-order valence-corrected chi connectivity index (χ0v) is 34.1. The first-order valence-electron chi connectivity index (χ1n) is 20.5. The average molecular weight is 697 g/mol. The van der Waals surface area contributed by atoms with Crippen molar-refractivity contribution in [2.24, 2.45) is 5.92 Å². The van der Waals surface area contributed by atoms with Gasteiger partial charge in [0.2, 0.25) is 0 Å². The number of hydrogen-bond acceptors (Lipinski definition) is 2. The second kappa shape index (κ2) is 31.5. The van der Waals surface area contributed by atoms with Gasteiger partial charge in [-0.05, 0) is 61.2 Å². The normalized spacial score (nSPS) is 12.6. The van der Waals surface area contributed by atoms with Crippen LogP contribution in [-0.4, -0.2) is 18.1 Å². The van der Waals surface area contributed by atoms with Gasteiger partial charge in [-0.3, -0.25) is 4.55 Å². The summed E-state index contributed by atoms with van der Waals surface area (Å²) in [6.07, 6.45) is 39.0. The Labute approximate surface area is 298 Å². The maximum atomic E-state index is 11.3. The van der Waals surface area contributed by atoms with Crippen LogP contribution in [0.3, 0.4) is 0 Å². The fourth-order valence-electron chi connectivity index (χ4n) is 7.00. The van der Waals surface area contributed by atoms with Crippen LogP contribution in [0.15, 0.2) is 29.2 Å². The number of aryl methyl sites for hydroxylation is 1. The number of hydrogen-bond donors (Lipinski definition) is 1. The summed E-state index contributed by atoms with van der Waals surface area (Å²) in [7, 11) is -0.719. The zero-order valence-electron chi connectivity index (χ0n) is 32.1. The highest BCUT2D eigenvalue weighted by molar-refractivity contribution is 7.85. The summed E-state index contributed by atoms with van der Waals surface area (Å²) in [4.78, 5) is 0.0610. The van der Waals surface area contributed by atoms with E-state index in [1.807, 2.05) is 6.07 Å². The predicted octanol–water partition coefficient (Wildman–Crippen LogP) is 14.7. The first-order valence-corrected chi connectivity index (χ1v) is 22.6. The molecule has 1 aromatic rings. The van der Waals surface area contributed by atoms with Gasteiger partial charge in [0.05, 0.1) is 4.90 Å². The highest BCUT2D eigenvalue weighted by Crippen LogP contribution is 2.43. The van der Waals surface area contributed by atoms with Crippen LogP contribution in [0, 0.1) is 5.92 Å². The molecule has 278 valence electrons. The quantitative estimate of drug-likeness (QED) is 0.0477. The topological polar surface area (TPSA) is 54.4 Å². The largest absolute Gasteiger partial charge is 0.294 e. The fraction of sp³-hybridized carbons (Fsp3) is 0.857. The molecule has 3 nitrogen and oxygen atoms in total. The van der Waals surface area contributed by atoms with Crippen molar-refractivity contribution in [3.63, 3.8) is 0 Å². The fourth-order valence-corrected chi connectivity index (χ4v) is 8.50. The Kier molecular flexibility index (Phi) is 31.2. The molecule has 0 spiro atoms. The lowest BCUT2D eigenvalue weighted by atomic mass is 9.77. The van der Waals surface area contributed by atoms with Gasteiger partial charge in [0.1, 0.15) is 0 Å². The number of rotatable bonds is 31. The Bertz CT molecular complexity index is 908. The van der Waals surface area contributed by atoms with E-state index in [1.165, 1.54) is 173 Å². The molecule has 0 saturated carbocycles. The molecule has 1 rings (SSSR count). The smallest absolute Gasteiger partial charge is 0.282 e. The lowest BCUT2D eigenvalue weighted by Crippen LogP contribution is -2.32. The highest BCUT2D eigenvalue weighted by atomic mass is 32.2. The van der Waals surface area contributed by atoms with Gasteiger partial charge in [-0.1, -0.05) is 200 Å². The van der Waals surface area contributed by atoms with Crippen molar-refractivity contribution in [2.45, 2.75) is 231 Å². The maximum absolute atomic E-state index is 11.3. The minimum atomic E-state index is -4.10. The summed E-state index contributed by atoms with van der Waals surface area (Å²) in [5.41, 5.74) is 0.726. The van der Waals surface area contributed by atoms with Crippen LogP contribution in [0.25, 0.3) is 0 Å². The Morgan fingerprint density at radius 3 is 1.38 bits per heavy atom. The van der Waals surface area contributed by atoms with E-state index in [2.05, 4.69) is 43.9 Å². The third kappa shape index (κ3) is 25.2. The molecule has 1 N–H and O–H groups in total. The monoisotopic (exact) mass is 697 g/mol. The molecule has 0 bridgehead atoms. The first-order chi connectivity index (χ1) is 22.7. The van der Waals surface area contributed by atoms with Gasteiger partial charge >= 0.3 is 0 Å². The molecule has 1 aromatic carbocycles. The van der Waals surface area contributed by atoms with Gasteiger partial charge < -0.3 is 0 Å². The summed E-state index contributed by atoms with van der Waals surface area (Å²) < 4.78 is 31.8. The third-order valence-electron chi connectivity index (χ3n) is 10.2. The van der Waals surface area contributed by atoms with E-state index in [4.69, 9.17) is 0 Å². The minimum absolute atomic E-state index is 0.0610. The van der Waals surface area contributed by atoms with Crippen LogP contribution >= 0.6 is 9.24 Å². The van der Waals surface area contributed by atoms with E-state index in [0.717, 1.165) is 24.3 Å². The molecular formula is C42H81O3PS. The molecular weight excluding hydrogens is 616 g/mol. The van der Waals surface area contributed by atoms with Gasteiger partial charge in [-0.2, -0.15) is 8.42 Å². The summed E-state index contributed by atoms with van der Waals surface area (Å²) in [6.45, 7) is 11.6. The van der Waals surface area contributed by atoms with Gasteiger partial charge in [-0.25, -0.2) is 0 Å². The van der Waals surface area contributed by atoms with Crippen molar-refractivity contribution >= 4 is 19.4 Å². The van der Waals surface area contributed by atoms with Crippen LogP contribution in [-0.2, 0) is 16.5 Å². The summed E-state index contributed by atoms with van der Waals surface area (Å²) >= 11 is 0. The molecule has 2 unspecified atom stereocenters. The molecule has 5 heteroatoms. The van der Waals surface area contributed by atoms with Gasteiger partial charge in [0.15, 0.2) is 0 Å². The standard InChI is InChI=1S/C24H51P.C18H30O3S/c1-5-9-13-14-15-16-17-18-20-23(19-10-6-2)24(25,21-11-7-3)22-12-8-4;1-2-3-4-5-6-7-8-9-10-11-14-17-15-12-13-16-18(17)22(19,20)21/h23H,5-22,25H2,1-4H3;12-13,15-16H,2-11,14H2,1H3,(H,19,20,21). The minimum Gasteiger partial charge on any atom is -0.282 e. The highest BCUT2D eigenvalue weighted by Gasteiger charge is 2.32. The van der Waals surface area contributed by atoms with Crippen LogP contribution in [0.5, 0.6) is 0 Å². The van der Waals surface area contributed by atoms with E-state index in [0.29, 0.717) is 11.6 Å². The average Bonchev–Trinajstić information content (AvgIpc) is 3.06. The molecule has 0 aliphatic heterocycles. The summed E-state index contributed by atoms with van der Waals surface area (Å²) in [6, 6.07) is 6.73. The van der Waals surface area contributed by atoms with Crippen LogP contribution < -0.4 is 0 Å². The van der Waals surface area contributed by atoms with Crippen LogP contribution in [0.1, 0.15) is 220 Å². The lowest BCUT2D eigenvalue weighted by molar-refractivity contribution is 0.274. The number of benzene rings is 1. The summed E-state index contributed by atoms with van der Waals surface area (Å²) in [5, 5.41) is 0.530. The van der Waals surface area contributed by atoms with E-state index < -0.39 is 10.1 Å². The van der Waals surface area contributed by atoms with E-state index in [9.17, 15) is 13.0 Å². The molecule has 2 atom stereocenters. The molecule has 0 heterocycles. The van der Waals surface area contributed by atoms with Crippen molar-refractivity contribution in [1.29, 1.82) is 0 Å². The van der Waals surface area contributed by atoms with Gasteiger partial charge in [0, 0.05) is 0 Å². The van der Waals surface area contributed by atoms with Gasteiger partial charge in [-0.15, -0.1) is 9.24 Å². The van der Waals surface area contributed by atoms with E-state index in [1.54, 1.807) is 12.1 Å². The van der Waals surface area contributed by atoms with Crippen LogP contribution in [0.2, 0.25) is 0 Å². The van der Waals surface area contributed by atoms with Crippen molar-refractivity contribution in [1.82, 2.24) is 0 Å². The Morgan fingerprint density at radius 2 is 0.936 bits per heavy atom. The Hall–Kier alpha value is -0.440. The molecule has 47 heavy (non-hydrogen) atoms. The second-order valence-corrected chi connectivity index (χ2v) is 17.1. The molecule has 0 aromatic heterocycles. The van der Waals surface area contributed by atoms with Gasteiger partial charge in [0.25, 0.3) is 10.1 Å². The van der Waals surface area contributed by atoms with Crippen molar-refractivity contribution in [3.05, 3.63) is 29.8 Å². The molecule has 0 saturated heterocycles. The Morgan fingerprint density at radius 1 is 0.553 bits per heavy atom.